The molecule has 20 heavy (non-hydrogen) atoms. The second kappa shape index (κ2) is 9.89. The molecule has 114 valence electrons. The SMILES string of the molecule is CC.CC(C)[C@@H](CO[Si](C)(C)C)N=Cc1ccccc1. The average molecular weight is 294 g/mol. The summed E-state index contributed by atoms with van der Waals surface area (Å²) in [5.74, 6) is 0.501. The Morgan fingerprint density at radius 1 is 1.10 bits per heavy atom. The molecule has 0 heterocycles. The predicted octanol–water partition coefficient (Wildman–Crippen LogP) is 5.01. The minimum absolute atomic E-state index is 0.247. The number of benzene rings is 1. The van der Waals surface area contributed by atoms with E-state index < -0.39 is 8.32 Å². The van der Waals surface area contributed by atoms with Gasteiger partial charge in [0.1, 0.15) is 0 Å². The summed E-state index contributed by atoms with van der Waals surface area (Å²) in [5.41, 5.74) is 1.15. The zero-order valence-corrected chi connectivity index (χ0v) is 15.2. The van der Waals surface area contributed by atoms with E-state index >= 15 is 0 Å². The first kappa shape index (κ1) is 19.1. The molecule has 0 aromatic heterocycles. The van der Waals surface area contributed by atoms with Crippen LogP contribution < -0.4 is 0 Å². The highest BCUT2D eigenvalue weighted by molar-refractivity contribution is 6.69. The molecule has 0 unspecified atom stereocenters. The lowest BCUT2D eigenvalue weighted by atomic mass is 10.1. The molecule has 1 rings (SSSR count). The van der Waals surface area contributed by atoms with Gasteiger partial charge in [0.15, 0.2) is 8.32 Å². The van der Waals surface area contributed by atoms with Crippen LogP contribution in [0.4, 0.5) is 0 Å². The maximum absolute atomic E-state index is 5.97. The molecule has 1 atom stereocenters. The van der Waals surface area contributed by atoms with Crippen molar-refractivity contribution in [1.29, 1.82) is 0 Å². The van der Waals surface area contributed by atoms with Crippen LogP contribution in [0.2, 0.25) is 19.6 Å². The fraction of sp³-hybridized carbons (Fsp3) is 0.588. The maximum atomic E-state index is 5.97. The molecule has 0 radical (unpaired) electrons. The second-order valence-electron chi connectivity index (χ2n) is 5.92. The quantitative estimate of drug-likeness (QED) is 0.534. The van der Waals surface area contributed by atoms with Gasteiger partial charge in [-0.15, -0.1) is 0 Å². The van der Waals surface area contributed by atoms with Gasteiger partial charge in [0.2, 0.25) is 0 Å². The van der Waals surface area contributed by atoms with Crippen molar-refractivity contribution in [1.82, 2.24) is 0 Å². The lowest BCUT2D eigenvalue weighted by Crippen LogP contribution is -2.31. The van der Waals surface area contributed by atoms with Crippen LogP contribution in [0.25, 0.3) is 0 Å². The molecule has 2 nitrogen and oxygen atoms in total. The van der Waals surface area contributed by atoms with Crippen LogP contribution in [-0.4, -0.2) is 27.2 Å². The Hall–Kier alpha value is -0.933. The molecular weight excluding hydrogens is 262 g/mol. The first-order valence-corrected chi connectivity index (χ1v) is 11.0. The highest BCUT2D eigenvalue weighted by Gasteiger charge is 2.18. The Morgan fingerprint density at radius 2 is 1.65 bits per heavy atom. The summed E-state index contributed by atoms with van der Waals surface area (Å²) in [6.45, 7) is 15.8. The van der Waals surface area contributed by atoms with Crippen LogP contribution in [0.3, 0.4) is 0 Å². The zero-order chi connectivity index (χ0) is 15.6. The van der Waals surface area contributed by atoms with Gasteiger partial charge in [-0.1, -0.05) is 58.0 Å². The molecule has 0 saturated heterocycles. The van der Waals surface area contributed by atoms with Gasteiger partial charge in [0, 0.05) is 6.21 Å². The molecule has 0 N–H and O–H groups in total. The number of nitrogens with zero attached hydrogens (tertiary/aromatic N) is 1. The molecule has 3 heteroatoms. The molecule has 0 aliphatic carbocycles. The van der Waals surface area contributed by atoms with E-state index in [2.05, 4.69) is 50.6 Å². The third kappa shape index (κ3) is 9.05. The van der Waals surface area contributed by atoms with E-state index in [1.807, 2.05) is 38.3 Å². The van der Waals surface area contributed by atoms with Gasteiger partial charge in [0.05, 0.1) is 12.6 Å². The van der Waals surface area contributed by atoms with Crippen molar-refractivity contribution in [2.24, 2.45) is 10.9 Å². The van der Waals surface area contributed by atoms with E-state index in [9.17, 15) is 0 Å². The van der Waals surface area contributed by atoms with Crippen LogP contribution in [0, 0.1) is 5.92 Å². The molecule has 0 bridgehead atoms. The van der Waals surface area contributed by atoms with Crippen molar-refractivity contribution in [3.63, 3.8) is 0 Å². The third-order valence-electron chi connectivity index (χ3n) is 2.67. The van der Waals surface area contributed by atoms with Crippen molar-refractivity contribution in [3.8, 4) is 0 Å². The van der Waals surface area contributed by atoms with Crippen molar-refractivity contribution < 1.29 is 4.43 Å². The van der Waals surface area contributed by atoms with Gasteiger partial charge in [-0.25, -0.2) is 0 Å². The summed E-state index contributed by atoms with van der Waals surface area (Å²) < 4.78 is 5.97. The minimum Gasteiger partial charge on any atom is -0.415 e. The van der Waals surface area contributed by atoms with E-state index in [-0.39, 0.29) is 6.04 Å². The number of rotatable bonds is 6. The summed E-state index contributed by atoms with van der Waals surface area (Å²) in [5, 5.41) is 0. The van der Waals surface area contributed by atoms with Crippen LogP contribution in [0.5, 0.6) is 0 Å². The van der Waals surface area contributed by atoms with E-state index in [0.29, 0.717) is 5.92 Å². The smallest absolute Gasteiger partial charge is 0.183 e. The van der Waals surface area contributed by atoms with E-state index in [4.69, 9.17) is 4.43 Å². The van der Waals surface area contributed by atoms with E-state index in [1.165, 1.54) is 0 Å². The first-order chi connectivity index (χ1) is 9.38. The Balaban J connectivity index is 0.00000172. The zero-order valence-electron chi connectivity index (χ0n) is 14.2. The highest BCUT2D eigenvalue weighted by Crippen LogP contribution is 2.11. The van der Waals surface area contributed by atoms with Gasteiger partial charge in [-0.2, -0.15) is 0 Å². The molecule has 0 aliphatic rings. The van der Waals surface area contributed by atoms with Crippen molar-refractivity contribution in [2.75, 3.05) is 6.61 Å². The second-order valence-corrected chi connectivity index (χ2v) is 10.4. The lowest BCUT2D eigenvalue weighted by molar-refractivity contribution is 0.255. The van der Waals surface area contributed by atoms with Crippen LogP contribution in [0.15, 0.2) is 35.3 Å². The number of hydrogen-bond donors (Lipinski definition) is 0. The molecule has 0 fully saturated rings. The summed E-state index contributed by atoms with van der Waals surface area (Å²) in [4.78, 5) is 4.67. The van der Waals surface area contributed by atoms with Crippen molar-refractivity contribution in [3.05, 3.63) is 35.9 Å². The Morgan fingerprint density at radius 3 is 2.10 bits per heavy atom. The minimum atomic E-state index is -1.45. The van der Waals surface area contributed by atoms with E-state index in [0.717, 1.165) is 12.2 Å². The summed E-state index contributed by atoms with van der Waals surface area (Å²) >= 11 is 0. The average Bonchev–Trinajstić information content (AvgIpc) is 2.40. The third-order valence-corrected chi connectivity index (χ3v) is 3.70. The first-order valence-electron chi connectivity index (χ1n) is 7.60. The van der Waals surface area contributed by atoms with Crippen LogP contribution in [-0.2, 0) is 4.43 Å². The van der Waals surface area contributed by atoms with Gasteiger partial charge >= 0.3 is 0 Å². The molecule has 1 aromatic rings. The molecule has 0 spiro atoms. The maximum Gasteiger partial charge on any atom is 0.183 e. The van der Waals surface area contributed by atoms with Crippen LogP contribution >= 0.6 is 0 Å². The van der Waals surface area contributed by atoms with Gasteiger partial charge in [-0.05, 0) is 31.1 Å². The summed E-state index contributed by atoms with van der Waals surface area (Å²) in [6.07, 6.45) is 1.96. The summed E-state index contributed by atoms with van der Waals surface area (Å²) in [7, 11) is -1.45. The Bertz CT molecular complexity index is 368. The topological polar surface area (TPSA) is 21.6 Å². The number of hydrogen-bond acceptors (Lipinski definition) is 2. The highest BCUT2D eigenvalue weighted by atomic mass is 28.4. The lowest BCUT2D eigenvalue weighted by Gasteiger charge is -2.23. The number of aliphatic imine (C=N–C) groups is 1. The monoisotopic (exact) mass is 293 g/mol. The fourth-order valence-electron chi connectivity index (χ4n) is 1.46. The standard InChI is InChI=1S/C15H25NOSi.C2H6/c1-13(2)15(12-17-18(3,4)5)16-11-14-9-7-6-8-10-14;1-2/h6-11,13,15H,12H2,1-5H3;1-2H3/t15-;/m1./s1. The van der Waals surface area contributed by atoms with Gasteiger partial charge < -0.3 is 4.43 Å². The van der Waals surface area contributed by atoms with E-state index in [1.54, 1.807) is 0 Å². The van der Waals surface area contributed by atoms with Gasteiger partial charge in [-0.3, -0.25) is 4.99 Å². The largest absolute Gasteiger partial charge is 0.415 e. The molecule has 0 saturated carbocycles. The normalized spacial score (nSPS) is 13.2. The molecule has 1 aromatic carbocycles. The predicted molar refractivity (Wildman–Crippen MR) is 93.3 cm³/mol. The van der Waals surface area contributed by atoms with Crippen molar-refractivity contribution in [2.45, 2.75) is 53.4 Å². The Kier molecular flexibility index (Phi) is 9.43. The van der Waals surface area contributed by atoms with Crippen LogP contribution in [0.1, 0.15) is 33.3 Å². The molecule has 0 amide bonds. The van der Waals surface area contributed by atoms with Gasteiger partial charge in [0.25, 0.3) is 0 Å². The molecule has 0 aliphatic heterocycles. The fourth-order valence-corrected chi connectivity index (χ4v) is 2.13. The summed E-state index contributed by atoms with van der Waals surface area (Å²) in [6, 6.07) is 10.5. The van der Waals surface area contributed by atoms with Crippen molar-refractivity contribution >= 4 is 14.5 Å². The Labute approximate surface area is 126 Å². The molecular formula is C17H31NOSi.